The fraction of sp³-hybridized carbons (Fsp3) is 0. The van der Waals surface area contributed by atoms with Crippen LogP contribution in [0.3, 0.4) is 0 Å². The summed E-state index contributed by atoms with van der Waals surface area (Å²) >= 11 is 0. The number of rotatable bonds is 8. The van der Waals surface area contributed by atoms with Crippen molar-refractivity contribution in [2.24, 2.45) is 0 Å². The first-order chi connectivity index (χ1) is 31.7. The van der Waals surface area contributed by atoms with Crippen molar-refractivity contribution >= 4 is 10.8 Å². The third kappa shape index (κ3) is 9.89. The molecule has 11 rings (SSSR count). The number of aromatic nitrogens is 2. The van der Waals surface area contributed by atoms with Gasteiger partial charge < -0.3 is 9.97 Å². The van der Waals surface area contributed by atoms with Crippen LogP contribution in [0, 0.1) is 12.1 Å². The summed E-state index contributed by atoms with van der Waals surface area (Å²) in [5.74, 6) is 0. The molecule has 0 aliphatic rings. The largest absolute Gasteiger partial charge is 0.305 e. The minimum atomic E-state index is 0. The zero-order chi connectivity index (χ0) is 42.9. The van der Waals surface area contributed by atoms with Gasteiger partial charge in [0, 0.05) is 32.5 Å². The van der Waals surface area contributed by atoms with Crippen LogP contribution in [0.15, 0.2) is 255 Å². The molecule has 11 aromatic rings. The quantitative estimate of drug-likeness (QED) is 0.142. The Balaban J connectivity index is 0.000000263. The Hall–Kier alpha value is -7.81. The first-order valence-corrected chi connectivity index (χ1v) is 21.5. The predicted molar refractivity (Wildman–Crippen MR) is 267 cm³/mol. The van der Waals surface area contributed by atoms with Crippen molar-refractivity contribution in [1.29, 1.82) is 0 Å². The molecule has 2 aromatic heterocycles. The van der Waals surface area contributed by atoms with Crippen molar-refractivity contribution in [3.05, 3.63) is 267 Å². The first kappa shape index (κ1) is 42.5. The number of pyridine rings is 2. The van der Waals surface area contributed by atoms with Gasteiger partial charge in [-0.05, 0) is 138 Å². The first-order valence-electron chi connectivity index (χ1n) is 21.5. The molecule has 0 aliphatic heterocycles. The summed E-state index contributed by atoms with van der Waals surface area (Å²) in [5.41, 5.74) is 18.1. The minimum Gasteiger partial charge on any atom is -0.305 e. The topological polar surface area (TPSA) is 25.8 Å². The maximum atomic E-state index is 4.55. The zero-order valence-corrected chi connectivity index (χ0v) is 37.9. The molecule has 0 N–H and O–H groups in total. The van der Waals surface area contributed by atoms with E-state index in [1.165, 1.54) is 66.4 Å². The Morgan fingerprint density at radius 2 is 0.738 bits per heavy atom. The summed E-state index contributed by atoms with van der Waals surface area (Å²) in [5, 5.41) is 2.39. The van der Waals surface area contributed by atoms with E-state index in [-0.39, 0.29) is 20.1 Å². The number of fused-ring (bicyclic) bond motifs is 1. The van der Waals surface area contributed by atoms with E-state index in [4.69, 9.17) is 0 Å². The molecule has 0 atom stereocenters. The van der Waals surface area contributed by atoms with Gasteiger partial charge in [-0.25, -0.2) is 0 Å². The van der Waals surface area contributed by atoms with Crippen LogP contribution in [-0.4, -0.2) is 9.97 Å². The summed E-state index contributed by atoms with van der Waals surface area (Å²) in [6.07, 6.45) is 3.67. The average Bonchev–Trinajstić information content (AvgIpc) is 3.40. The van der Waals surface area contributed by atoms with E-state index in [1.54, 1.807) is 0 Å². The summed E-state index contributed by atoms with van der Waals surface area (Å²) in [6, 6.07) is 91.8. The third-order valence-electron chi connectivity index (χ3n) is 11.4. The van der Waals surface area contributed by atoms with Gasteiger partial charge in [0.15, 0.2) is 0 Å². The van der Waals surface area contributed by atoms with E-state index < -0.39 is 0 Å². The van der Waals surface area contributed by atoms with E-state index >= 15 is 0 Å². The van der Waals surface area contributed by atoms with Gasteiger partial charge in [-0.1, -0.05) is 146 Å². The maximum Gasteiger partial charge on any atom is 0.0167 e. The van der Waals surface area contributed by atoms with Crippen molar-refractivity contribution < 1.29 is 20.1 Å². The SMILES string of the molecule is [Ir].[c-]1ccc(-c2cccc(-c3cc(-c4ccccc4)cc(-c4cc(-c5ccccc5)cc(-c5ccccc5)c4)c3)c2)cc1-c1ccccn1.[c-]1ccccc1-c1nccc2ccccc12. The standard InChI is InChI=1S/C47H32N.C15H10N.Ir/c1-4-14-34(15-5-1)41-28-42(35-16-6-2-7-17-35)31-45(30-41)46-32-43(36-18-8-3-9-19-36)29-44(33-46)39-22-12-20-37(26-39)38-21-13-23-40(27-38)47-24-10-11-25-48-47;1-2-7-13(8-3-1)15-14-9-5-4-6-12(14)10-11-16-15;/h1-22,24-33H;1-7,9-11H;/q2*-1;. The molecule has 0 aliphatic carbocycles. The van der Waals surface area contributed by atoms with Crippen molar-refractivity contribution in [1.82, 2.24) is 9.97 Å². The van der Waals surface area contributed by atoms with Gasteiger partial charge in [0.05, 0.1) is 0 Å². The summed E-state index contributed by atoms with van der Waals surface area (Å²) < 4.78 is 0. The summed E-state index contributed by atoms with van der Waals surface area (Å²) in [4.78, 5) is 8.99. The van der Waals surface area contributed by atoms with E-state index in [0.717, 1.165) is 33.6 Å². The molecule has 2 heterocycles. The molecule has 1 radical (unpaired) electrons. The molecule has 0 saturated carbocycles. The van der Waals surface area contributed by atoms with Crippen LogP contribution in [-0.2, 0) is 20.1 Å². The Morgan fingerprint density at radius 1 is 0.277 bits per heavy atom. The van der Waals surface area contributed by atoms with Crippen molar-refractivity contribution in [2.75, 3.05) is 0 Å². The molecule has 0 spiro atoms. The van der Waals surface area contributed by atoms with Crippen molar-refractivity contribution in [3.63, 3.8) is 0 Å². The Kier molecular flexibility index (Phi) is 13.2. The molecule has 3 heteroatoms. The van der Waals surface area contributed by atoms with Gasteiger partial charge in [-0.2, -0.15) is 0 Å². The number of benzene rings is 9. The van der Waals surface area contributed by atoms with Gasteiger partial charge in [0.2, 0.25) is 0 Å². The van der Waals surface area contributed by atoms with E-state index in [0.29, 0.717) is 0 Å². The van der Waals surface area contributed by atoms with Crippen LogP contribution in [0.25, 0.3) is 100 Å². The van der Waals surface area contributed by atoms with Gasteiger partial charge in [0.25, 0.3) is 0 Å². The molecule has 65 heavy (non-hydrogen) atoms. The number of nitrogens with zero attached hydrogens (tertiary/aromatic N) is 2. The van der Waals surface area contributed by atoms with Crippen LogP contribution in [0.1, 0.15) is 0 Å². The third-order valence-corrected chi connectivity index (χ3v) is 11.4. The fourth-order valence-corrected chi connectivity index (χ4v) is 8.22. The Morgan fingerprint density at radius 3 is 1.31 bits per heavy atom. The normalized spacial score (nSPS) is 10.6. The maximum absolute atomic E-state index is 4.55. The van der Waals surface area contributed by atoms with E-state index in [2.05, 4.69) is 198 Å². The number of hydrogen-bond acceptors (Lipinski definition) is 2. The summed E-state index contributed by atoms with van der Waals surface area (Å²) in [7, 11) is 0. The molecule has 9 aromatic carbocycles. The monoisotopic (exact) mass is 1010 g/mol. The van der Waals surface area contributed by atoms with Gasteiger partial charge in [-0.15, -0.1) is 71.3 Å². The Bertz CT molecular complexity index is 3240. The van der Waals surface area contributed by atoms with Gasteiger partial charge >= 0.3 is 0 Å². The van der Waals surface area contributed by atoms with Crippen LogP contribution in [0.4, 0.5) is 0 Å². The molecule has 0 fully saturated rings. The van der Waals surface area contributed by atoms with Gasteiger partial charge in [-0.3, -0.25) is 0 Å². The molecule has 0 saturated heterocycles. The molecular weight excluding hydrogens is 965 g/mol. The fourth-order valence-electron chi connectivity index (χ4n) is 8.22. The van der Waals surface area contributed by atoms with Crippen LogP contribution in [0.5, 0.6) is 0 Å². The van der Waals surface area contributed by atoms with Crippen LogP contribution in [0.2, 0.25) is 0 Å². The zero-order valence-electron chi connectivity index (χ0n) is 35.5. The molecule has 2 nitrogen and oxygen atoms in total. The molecule has 0 amide bonds. The number of hydrogen-bond donors (Lipinski definition) is 0. The van der Waals surface area contributed by atoms with E-state index in [9.17, 15) is 0 Å². The van der Waals surface area contributed by atoms with E-state index in [1.807, 2.05) is 79.1 Å². The average molecular weight is 1010 g/mol. The van der Waals surface area contributed by atoms with Crippen molar-refractivity contribution in [2.45, 2.75) is 0 Å². The predicted octanol–water partition coefficient (Wildman–Crippen LogP) is 16.3. The minimum absolute atomic E-state index is 0. The van der Waals surface area contributed by atoms with Gasteiger partial charge in [0.1, 0.15) is 0 Å². The van der Waals surface area contributed by atoms with Crippen LogP contribution >= 0.6 is 0 Å². The van der Waals surface area contributed by atoms with Crippen molar-refractivity contribution in [3.8, 4) is 89.3 Å². The molecule has 0 bridgehead atoms. The smallest absolute Gasteiger partial charge is 0.0167 e. The molecule has 311 valence electrons. The summed E-state index contributed by atoms with van der Waals surface area (Å²) in [6.45, 7) is 0. The Labute approximate surface area is 395 Å². The second-order valence-corrected chi connectivity index (χ2v) is 15.6. The van der Waals surface area contributed by atoms with Crippen LogP contribution < -0.4 is 0 Å². The second-order valence-electron chi connectivity index (χ2n) is 15.6. The second kappa shape index (κ2) is 20.1. The molecular formula is C62H42IrN2-2. The molecule has 0 unspecified atom stereocenters.